The Hall–Kier alpha value is -2.70. The molecule has 2 rings (SSSR count). The van der Waals surface area contributed by atoms with Gasteiger partial charge in [0.05, 0.1) is 10.6 Å². The number of hydrogen-bond acceptors (Lipinski definition) is 5. The molecule has 0 N–H and O–H groups in total. The Balaban J connectivity index is 2.50. The maximum atomic E-state index is 11.5. The summed E-state index contributed by atoms with van der Waals surface area (Å²) in [5.41, 5.74) is 0.438. The molecule has 0 fully saturated rings. The van der Waals surface area contributed by atoms with Crippen molar-refractivity contribution >= 4 is 28.9 Å². The average Bonchev–Trinajstić information content (AvgIpc) is 2.68. The minimum Gasteiger partial charge on any atom is -0.372 e. The summed E-state index contributed by atoms with van der Waals surface area (Å²) in [7, 11) is 3.35. The van der Waals surface area contributed by atoms with E-state index in [0.717, 1.165) is 17.1 Å². The van der Waals surface area contributed by atoms with E-state index in [9.17, 15) is 19.7 Å². The zero-order chi connectivity index (χ0) is 14.2. The molecule has 0 saturated carbocycles. The molecule has 1 aliphatic rings. The molecule has 2 amide bonds. The van der Waals surface area contributed by atoms with Crippen LogP contribution in [0.15, 0.2) is 30.4 Å². The van der Waals surface area contributed by atoms with Gasteiger partial charge in [-0.25, -0.2) is 4.90 Å². The second-order valence-electron chi connectivity index (χ2n) is 4.17. The first-order valence-electron chi connectivity index (χ1n) is 5.43. The largest absolute Gasteiger partial charge is 0.372 e. The summed E-state index contributed by atoms with van der Waals surface area (Å²) >= 11 is 0. The van der Waals surface area contributed by atoms with E-state index in [1.54, 1.807) is 19.0 Å². The number of nitro benzene ring substituents is 1. The van der Waals surface area contributed by atoms with E-state index in [0.29, 0.717) is 5.69 Å². The van der Waals surface area contributed by atoms with Gasteiger partial charge < -0.3 is 4.90 Å². The first-order valence-corrected chi connectivity index (χ1v) is 5.43. The molecule has 0 saturated heterocycles. The van der Waals surface area contributed by atoms with Crippen LogP contribution in [0.3, 0.4) is 0 Å². The van der Waals surface area contributed by atoms with Crippen molar-refractivity contribution in [3.05, 3.63) is 40.5 Å². The Morgan fingerprint density at radius 3 is 2.21 bits per heavy atom. The van der Waals surface area contributed by atoms with E-state index >= 15 is 0 Å². The lowest BCUT2D eigenvalue weighted by molar-refractivity contribution is -0.384. The van der Waals surface area contributed by atoms with Crippen molar-refractivity contribution in [2.75, 3.05) is 23.9 Å². The quantitative estimate of drug-likeness (QED) is 0.462. The van der Waals surface area contributed by atoms with Crippen molar-refractivity contribution in [3.8, 4) is 0 Å². The first-order chi connectivity index (χ1) is 8.91. The summed E-state index contributed by atoms with van der Waals surface area (Å²) < 4.78 is 0. The number of carbonyl (C=O) groups excluding carboxylic acids is 2. The van der Waals surface area contributed by atoms with Crippen LogP contribution in [0.1, 0.15) is 0 Å². The molecule has 1 aliphatic heterocycles. The standard InChI is InChI=1S/C12H11N3O4/c1-13(2)9-4-3-8(7-10(9)15(18)19)14-11(16)5-6-12(14)17/h3-7H,1-2H3. The van der Waals surface area contributed by atoms with Crippen molar-refractivity contribution in [1.29, 1.82) is 0 Å². The third-order valence-electron chi connectivity index (χ3n) is 2.70. The number of hydrogen-bond donors (Lipinski definition) is 0. The van der Waals surface area contributed by atoms with E-state index in [2.05, 4.69) is 0 Å². The number of rotatable bonds is 3. The van der Waals surface area contributed by atoms with Crippen molar-refractivity contribution < 1.29 is 14.5 Å². The Labute approximate surface area is 108 Å². The highest BCUT2D eigenvalue weighted by molar-refractivity contribution is 6.28. The summed E-state index contributed by atoms with van der Waals surface area (Å²) in [5, 5.41) is 11.0. The number of nitrogens with zero attached hydrogens (tertiary/aromatic N) is 3. The Bertz CT molecular complexity index is 589. The predicted octanol–water partition coefficient (Wildman–Crippen LogP) is 1.09. The van der Waals surface area contributed by atoms with Gasteiger partial charge in [-0.1, -0.05) is 0 Å². The molecule has 1 aromatic carbocycles. The van der Waals surface area contributed by atoms with E-state index in [1.807, 2.05) is 0 Å². The maximum absolute atomic E-state index is 11.5. The number of anilines is 2. The first kappa shape index (κ1) is 12.7. The van der Waals surface area contributed by atoms with Crippen LogP contribution in [0.25, 0.3) is 0 Å². The van der Waals surface area contributed by atoms with Crippen LogP contribution in [0.4, 0.5) is 17.1 Å². The monoisotopic (exact) mass is 261 g/mol. The van der Waals surface area contributed by atoms with Crippen molar-refractivity contribution in [1.82, 2.24) is 0 Å². The fourth-order valence-corrected chi connectivity index (χ4v) is 1.83. The van der Waals surface area contributed by atoms with Gasteiger partial charge in [-0.05, 0) is 12.1 Å². The highest BCUT2D eigenvalue weighted by atomic mass is 16.6. The van der Waals surface area contributed by atoms with Crippen LogP contribution >= 0.6 is 0 Å². The molecule has 0 unspecified atom stereocenters. The van der Waals surface area contributed by atoms with Gasteiger partial charge in [0, 0.05) is 32.3 Å². The SMILES string of the molecule is CN(C)c1ccc(N2C(=O)C=CC2=O)cc1[N+](=O)[O-]. The summed E-state index contributed by atoms with van der Waals surface area (Å²) in [6.45, 7) is 0. The van der Waals surface area contributed by atoms with Gasteiger partial charge in [0.2, 0.25) is 0 Å². The number of amides is 2. The molecule has 1 heterocycles. The van der Waals surface area contributed by atoms with Gasteiger partial charge in [0.25, 0.3) is 17.5 Å². The maximum Gasteiger partial charge on any atom is 0.294 e. The van der Waals surface area contributed by atoms with Gasteiger partial charge in [0.15, 0.2) is 0 Å². The normalized spacial score (nSPS) is 14.1. The van der Waals surface area contributed by atoms with E-state index in [4.69, 9.17) is 0 Å². The summed E-state index contributed by atoms with van der Waals surface area (Å²) in [4.78, 5) is 36.0. The van der Waals surface area contributed by atoms with Gasteiger partial charge in [0.1, 0.15) is 5.69 Å². The Kier molecular flexibility index (Phi) is 3.04. The lowest BCUT2D eigenvalue weighted by Gasteiger charge is -2.17. The van der Waals surface area contributed by atoms with Crippen LogP contribution in [0, 0.1) is 10.1 Å². The molecule has 7 nitrogen and oxygen atoms in total. The van der Waals surface area contributed by atoms with E-state index in [-0.39, 0.29) is 11.4 Å². The van der Waals surface area contributed by atoms with Crippen LogP contribution in [-0.4, -0.2) is 30.8 Å². The van der Waals surface area contributed by atoms with E-state index in [1.165, 1.54) is 18.2 Å². The highest BCUT2D eigenvalue weighted by Crippen LogP contribution is 2.32. The molecule has 19 heavy (non-hydrogen) atoms. The molecular weight excluding hydrogens is 250 g/mol. The smallest absolute Gasteiger partial charge is 0.294 e. The van der Waals surface area contributed by atoms with Crippen molar-refractivity contribution in [2.45, 2.75) is 0 Å². The van der Waals surface area contributed by atoms with Gasteiger partial charge in [-0.3, -0.25) is 19.7 Å². The molecule has 0 aliphatic carbocycles. The molecule has 0 spiro atoms. The molecule has 0 bridgehead atoms. The molecule has 98 valence electrons. The Morgan fingerprint density at radius 2 is 1.74 bits per heavy atom. The van der Waals surface area contributed by atoms with Crippen molar-refractivity contribution in [2.24, 2.45) is 0 Å². The predicted molar refractivity (Wildman–Crippen MR) is 69.1 cm³/mol. The number of benzene rings is 1. The molecule has 0 radical (unpaired) electrons. The molecular formula is C12H11N3O4. The average molecular weight is 261 g/mol. The van der Waals surface area contributed by atoms with Crippen molar-refractivity contribution in [3.63, 3.8) is 0 Å². The summed E-state index contributed by atoms with van der Waals surface area (Å²) in [5.74, 6) is -1.01. The minimum absolute atomic E-state index is 0.157. The molecule has 1 aromatic rings. The highest BCUT2D eigenvalue weighted by Gasteiger charge is 2.27. The van der Waals surface area contributed by atoms with E-state index < -0.39 is 16.7 Å². The van der Waals surface area contributed by atoms with Crippen LogP contribution in [0.2, 0.25) is 0 Å². The second kappa shape index (κ2) is 4.52. The fourth-order valence-electron chi connectivity index (χ4n) is 1.83. The molecule has 0 aromatic heterocycles. The number of nitro groups is 1. The minimum atomic E-state index is -0.544. The number of carbonyl (C=O) groups is 2. The fraction of sp³-hybridized carbons (Fsp3) is 0.167. The second-order valence-corrected chi connectivity index (χ2v) is 4.17. The summed E-state index contributed by atoms with van der Waals surface area (Å²) in [6, 6.07) is 4.23. The zero-order valence-corrected chi connectivity index (χ0v) is 10.4. The topological polar surface area (TPSA) is 83.8 Å². The zero-order valence-electron chi connectivity index (χ0n) is 10.4. The Morgan fingerprint density at radius 1 is 1.16 bits per heavy atom. The van der Waals surface area contributed by atoms with Crippen LogP contribution in [-0.2, 0) is 9.59 Å². The lowest BCUT2D eigenvalue weighted by atomic mass is 10.2. The summed E-state index contributed by atoms with van der Waals surface area (Å²) in [6.07, 6.45) is 2.27. The number of imide groups is 1. The van der Waals surface area contributed by atoms with Gasteiger partial charge in [-0.2, -0.15) is 0 Å². The third kappa shape index (κ3) is 2.17. The van der Waals surface area contributed by atoms with Crippen LogP contribution in [0.5, 0.6) is 0 Å². The molecule has 7 heteroatoms. The third-order valence-corrected chi connectivity index (χ3v) is 2.70. The molecule has 0 atom stereocenters. The lowest BCUT2D eigenvalue weighted by Crippen LogP contribution is -2.29. The van der Waals surface area contributed by atoms with Crippen LogP contribution < -0.4 is 9.80 Å². The van der Waals surface area contributed by atoms with Gasteiger partial charge in [-0.15, -0.1) is 0 Å². The van der Waals surface area contributed by atoms with Gasteiger partial charge >= 0.3 is 0 Å².